The van der Waals surface area contributed by atoms with Crippen molar-refractivity contribution in [1.29, 1.82) is 0 Å². The summed E-state index contributed by atoms with van der Waals surface area (Å²) in [7, 11) is 0. The third-order valence-corrected chi connectivity index (χ3v) is 6.97. The van der Waals surface area contributed by atoms with Crippen molar-refractivity contribution in [3.63, 3.8) is 0 Å². The Bertz CT molecular complexity index is 1780. The predicted octanol–water partition coefficient (Wildman–Crippen LogP) is 0.895. The number of aromatic nitrogens is 5. The zero-order valence-electron chi connectivity index (χ0n) is 18.5. The van der Waals surface area contributed by atoms with Gasteiger partial charge in [0.15, 0.2) is 5.13 Å². The van der Waals surface area contributed by atoms with Crippen LogP contribution < -0.4 is 45.8 Å². The molecule has 10 heteroatoms. The van der Waals surface area contributed by atoms with Crippen molar-refractivity contribution in [3.8, 4) is 5.13 Å². The number of pyridine rings is 1. The molecule has 0 fully saturated rings. The summed E-state index contributed by atoms with van der Waals surface area (Å²) in [6.07, 6.45) is 2.34. The van der Waals surface area contributed by atoms with E-state index in [0.29, 0.717) is 34.7 Å². The van der Waals surface area contributed by atoms with Gasteiger partial charge in [-0.3, -0.25) is 9.59 Å². The van der Waals surface area contributed by atoms with Gasteiger partial charge in [-0.15, -0.1) is 5.52 Å². The predicted molar refractivity (Wildman–Crippen MR) is 127 cm³/mol. The number of hydrogen-bond donors (Lipinski definition) is 1. The van der Waals surface area contributed by atoms with Gasteiger partial charge >= 0.3 is 29.6 Å². The molecular formula is C24H17FN5NaO2S. The molecule has 0 amide bonds. The topological polar surface area (TPSA) is 86.8 Å². The fourth-order valence-electron chi connectivity index (χ4n) is 4.30. The Kier molecular flexibility index (Phi) is 5.81. The van der Waals surface area contributed by atoms with Crippen LogP contribution in [-0.4, -0.2) is 19.2 Å². The van der Waals surface area contributed by atoms with Crippen LogP contribution in [0.5, 0.6) is 0 Å². The number of para-hydroxylation sites is 1. The van der Waals surface area contributed by atoms with Crippen LogP contribution in [0.25, 0.3) is 37.2 Å². The first-order chi connectivity index (χ1) is 16.0. The van der Waals surface area contributed by atoms with Crippen LogP contribution in [-0.2, 0) is 13.0 Å². The van der Waals surface area contributed by atoms with E-state index < -0.39 is 0 Å². The van der Waals surface area contributed by atoms with Gasteiger partial charge in [0, 0.05) is 34.7 Å². The van der Waals surface area contributed by atoms with Gasteiger partial charge in [-0.25, -0.2) is 9.37 Å². The SMILES string of the molecule is Cc1c2c(=O)n(-c3nc4ccccc4s3)[n-]c2cc(=O)n1CCc1c[nH]c2ccc(F)cc12.[Na+]. The fraction of sp³-hybridized carbons (Fsp3) is 0.125. The number of H-pyrrole nitrogens is 1. The average molecular weight is 481 g/mol. The first kappa shape index (κ1) is 22.8. The van der Waals surface area contributed by atoms with E-state index in [-0.39, 0.29) is 46.5 Å². The number of nitrogens with one attached hydrogen (secondary N) is 1. The van der Waals surface area contributed by atoms with Gasteiger partial charge in [0.2, 0.25) is 11.1 Å². The van der Waals surface area contributed by atoms with Gasteiger partial charge in [-0.2, -0.15) is 0 Å². The minimum absolute atomic E-state index is 0. The second-order valence-corrected chi connectivity index (χ2v) is 8.92. The summed E-state index contributed by atoms with van der Waals surface area (Å²) in [4.78, 5) is 33.7. The fourth-order valence-corrected chi connectivity index (χ4v) is 5.22. The van der Waals surface area contributed by atoms with E-state index in [4.69, 9.17) is 0 Å². The number of hydrogen-bond acceptors (Lipinski definition) is 4. The molecule has 164 valence electrons. The summed E-state index contributed by atoms with van der Waals surface area (Å²) >= 11 is 1.38. The Morgan fingerprint density at radius 3 is 2.79 bits per heavy atom. The Hall–Kier alpha value is -2.98. The molecule has 1 N–H and O–H groups in total. The maximum atomic E-state index is 13.7. The van der Waals surface area contributed by atoms with E-state index in [1.165, 1.54) is 34.2 Å². The molecular weight excluding hydrogens is 464 g/mol. The van der Waals surface area contributed by atoms with Gasteiger partial charge in [-0.05, 0) is 55.3 Å². The summed E-state index contributed by atoms with van der Waals surface area (Å²) in [6, 6.07) is 13.6. The van der Waals surface area contributed by atoms with Crippen LogP contribution in [0.15, 0.2) is 64.3 Å². The zero-order chi connectivity index (χ0) is 22.7. The molecule has 0 spiro atoms. The van der Waals surface area contributed by atoms with E-state index in [0.717, 1.165) is 26.7 Å². The molecule has 0 aliphatic heterocycles. The molecule has 7 nitrogen and oxygen atoms in total. The molecule has 2 aromatic carbocycles. The smallest absolute Gasteiger partial charge is 0.585 e. The second kappa shape index (κ2) is 8.66. The third-order valence-electron chi connectivity index (χ3n) is 5.96. The number of halogens is 1. The Labute approximate surface area is 218 Å². The molecule has 0 unspecified atom stereocenters. The van der Waals surface area contributed by atoms with Gasteiger partial charge in [0.1, 0.15) is 5.82 Å². The largest absolute Gasteiger partial charge is 1.00 e. The number of benzene rings is 2. The number of aryl methyl sites for hydroxylation is 2. The van der Waals surface area contributed by atoms with Crippen molar-refractivity contribution >= 4 is 43.4 Å². The summed E-state index contributed by atoms with van der Waals surface area (Å²) in [5.74, 6) is -0.309. The van der Waals surface area contributed by atoms with Gasteiger partial charge in [0.25, 0.3) is 0 Å². The normalized spacial score (nSPS) is 11.5. The Morgan fingerprint density at radius 2 is 1.97 bits per heavy atom. The van der Waals surface area contributed by atoms with Crippen LogP contribution in [0.1, 0.15) is 11.3 Å². The molecule has 0 saturated heterocycles. The van der Waals surface area contributed by atoms with Crippen molar-refractivity contribution in [1.82, 2.24) is 24.3 Å². The number of thiazole rings is 1. The van der Waals surface area contributed by atoms with Gasteiger partial charge < -0.3 is 19.3 Å². The van der Waals surface area contributed by atoms with Crippen molar-refractivity contribution in [2.45, 2.75) is 19.9 Å². The molecule has 0 radical (unpaired) electrons. The molecule has 0 atom stereocenters. The van der Waals surface area contributed by atoms with Crippen LogP contribution in [0.2, 0.25) is 0 Å². The number of aromatic amines is 1. The summed E-state index contributed by atoms with van der Waals surface area (Å²) in [5, 5.41) is 6.05. The number of fused-ring (bicyclic) bond motifs is 3. The molecule has 4 heterocycles. The van der Waals surface area contributed by atoms with Crippen molar-refractivity contribution in [2.75, 3.05) is 0 Å². The van der Waals surface area contributed by atoms with Crippen molar-refractivity contribution in [2.24, 2.45) is 0 Å². The van der Waals surface area contributed by atoms with Crippen LogP contribution in [0.3, 0.4) is 0 Å². The van der Waals surface area contributed by atoms with Crippen LogP contribution >= 0.6 is 11.3 Å². The standard InChI is InChI=1S/C24H18FN5O2S.Na/c1-13-22-19(28-30(23(22)32)24-27-18-4-2-3-5-20(18)33-24)11-21(31)29(13)9-8-14-12-26-17-7-6-15(25)10-16(14)17;/h2-7,10-12,26H,8-9H2,1H3,(H,28,31);/q;+1/p-1. The minimum Gasteiger partial charge on any atom is -0.585 e. The first-order valence-electron chi connectivity index (χ1n) is 10.4. The molecule has 6 rings (SSSR count). The Morgan fingerprint density at radius 1 is 1.15 bits per heavy atom. The molecule has 4 aromatic heterocycles. The molecule has 34 heavy (non-hydrogen) atoms. The van der Waals surface area contributed by atoms with Crippen molar-refractivity contribution < 1.29 is 33.9 Å². The average Bonchev–Trinajstić information content (AvgIpc) is 3.48. The minimum atomic E-state index is -0.309. The van der Waals surface area contributed by atoms with E-state index in [2.05, 4.69) is 15.1 Å². The van der Waals surface area contributed by atoms with Crippen molar-refractivity contribution in [3.05, 3.63) is 92.5 Å². The molecule has 0 bridgehead atoms. The second-order valence-electron chi connectivity index (χ2n) is 7.91. The van der Waals surface area contributed by atoms with Gasteiger partial charge in [-0.1, -0.05) is 23.5 Å². The van der Waals surface area contributed by atoms with E-state index in [9.17, 15) is 14.0 Å². The number of rotatable bonds is 4. The van der Waals surface area contributed by atoms with Crippen LogP contribution in [0.4, 0.5) is 4.39 Å². The zero-order valence-corrected chi connectivity index (χ0v) is 21.3. The summed E-state index contributed by atoms with van der Waals surface area (Å²) < 4.78 is 17.5. The summed E-state index contributed by atoms with van der Waals surface area (Å²) in [5.41, 5.74) is 2.91. The first-order valence-corrected chi connectivity index (χ1v) is 11.2. The number of nitrogens with zero attached hydrogens (tertiary/aromatic N) is 4. The maximum Gasteiger partial charge on any atom is 1.00 e. The quantitative estimate of drug-likeness (QED) is 0.379. The van der Waals surface area contributed by atoms with Crippen LogP contribution in [0, 0.1) is 12.7 Å². The third kappa shape index (κ3) is 3.65. The molecule has 0 aliphatic carbocycles. The summed E-state index contributed by atoms with van der Waals surface area (Å²) in [6.45, 7) is 2.11. The molecule has 0 aliphatic rings. The van der Waals surface area contributed by atoms with Gasteiger partial charge in [0.05, 0.1) is 10.2 Å². The maximum absolute atomic E-state index is 13.7. The monoisotopic (exact) mass is 481 g/mol. The van der Waals surface area contributed by atoms with E-state index >= 15 is 0 Å². The Balaban J connectivity index is 0.00000241. The van der Waals surface area contributed by atoms with E-state index in [1.54, 1.807) is 17.6 Å². The van der Waals surface area contributed by atoms with E-state index in [1.807, 2.05) is 30.5 Å². The molecule has 0 saturated carbocycles. The molecule has 6 aromatic rings.